The van der Waals surface area contributed by atoms with E-state index in [2.05, 4.69) is 9.97 Å². The third-order valence-corrected chi connectivity index (χ3v) is 2.15. The van der Waals surface area contributed by atoms with Crippen LogP contribution in [0.1, 0.15) is 36.8 Å². The van der Waals surface area contributed by atoms with Crippen molar-refractivity contribution < 1.29 is 13.2 Å². The molecule has 2 N–H and O–H groups in total. The zero-order valence-corrected chi connectivity index (χ0v) is 9.39. The molecule has 1 rings (SSSR count). The van der Waals surface area contributed by atoms with Gasteiger partial charge in [0.2, 0.25) is 0 Å². The number of rotatable bonds is 2. The molecule has 1 aromatic rings. The first-order chi connectivity index (χ1) is 7.20. The average Bonchev–Trinajstić information content (AvgIpc) is 1.96. The van der Waals surface area contributed by atoms with Crippen molar-refractivity contribution in [1.29, 1.82) is 0 Å². The van der Waals surface area contributed by atoms with Crippen LogP contribution < -0.4 is 5.73 Å². The summed E-state index contributed by atoms with van der Waals surface area (Å²) in [6.45, 7) is 5.43. The quantitative estimate of drug-likeness (QED) is 0.854. The molecule has 0 aliphatic carbocycles. The monoisotopic (exact) mass is 233 g/mol. The van der Waals surface area contributed by atoms with Crippen LogP contribution in [-0.4, -0.2) is 16.1 Å². The molecule has 0 unspecified atom stereocenters. The lowest BCUT2D eigenvalue weighted by molar-refractivity contribution is -0.128. The molecule has 1 heterocycles. The number of nitrogens with zero attached hydrogens (tertiary/aromatic N) is 2. The van der Waals surface area contributed by atoms with Crippen molar-refractivity contribution in [3.8, 4) is 0 Å². The van der Waals surface area contributed by atoms with Crippen molar-refractivity contribution in [3.05, 3.63) is 17.1 Å². The van der Waals surface area contributed by atoms with Crippen LogP contribution in [0.4, 0.5) is 19.0 Å². The number of alkyl halides is 3. The highest BCUT2D eigenvalue weighted by atomic mass is 19.4. The van der Waals surface area contributed by atoms with Gasteiger partial charge in [0.25, 0.3) is 0 Å². The van der Waals surface area contributed by atoms with Crippen molar-refractivity contribution in [2.45, 2.75) is 39.3 Å². The Labute approximate surface area is 91.9 Å². The zero-order valence-electron chi connectivity index (χ0n) is 9.39. The van der Waals surface area contributed by atoms with E-state index in [0.717, 1.165) is 0 Å². The van der Waals surface area contributed by atoms with Gasteiger partial charge in [-0.25, -0.2) is 9.97 Å². The maximum Gasteiger partial charge on any atom is 0.396 e. The number of anilines is 1. The fourth-order valence-corrected chi connectivity index (χ4v) is 1.64. The Hall–Kier alpha value is -1.33. The van der Waals surface area contributed by atoms with E-state index >= 15 is 0 Å². The summed E-state index contributed by atoms with van der Waals surface area (Å²) >= 11 is 0. The van der Waals surface area contributed by atoms with Crippen LogP contribution in [0.3, 0.4) is 0 Å². The highest BCUT2D eigenvalue weighted by Gasteiger charge is 2.30. The van der Waals surface area contributed by atoms with Gasteiger partial charge in [-0.05, 0) is 12.8 Å². The molecule has 3 nitrogen and oxygen atoms in total. The van der Waals surface area contributed by atoms with Crippen LogP contribution in [0.15, 0.2) is 0 Å². The molecule has 0 fully saturated rings. The third-order valence-electron chi connectivity index (χ3n) is 2.15. The molecule has 0 saturated heterocycles. The first-order valence-electron chi connectivity index (χ1n) is 4.90. The second-order valence-corrected chi connectivity index (χ2v) is 3.97. The molecule has 0 radical (unpaired) electrons. The summed E-state index contributed by atoms with van der Waals surface area (Å²) in [5.41, 5.74) is 6.85. The molecule has 90 valence electrons. The molecule has 0 atom stereocenters. The summed E-state index contributed by atoms with van der Waals surface area (Å²) < 4.78 is 36.4. The molecular weight excluding hydrogens is 219 g/mol. The second-order valence-electron chi connectivity index (χ2n) is 3.97. The predicted molar refractivity (Wildman–Crippen MR) is 55.0 cm³/mol. The van der Waals surface area contributed by atoms with Gasteiger partial charge in [-0.3, -0.25) is 0 Å². The summed E-state index contributed by atoms with van der Waals surface area (Å²) in [6.07, 6.45) is -5.45. The van der Waals surface area contributed by atoms with Crippen LogP contribution in [0.25, 0.3) is 0 Å². The minimum Gasteiger partial charge on any atom is -0.383 e. The average molecular weight is 233 g/mol. The predicted octanol–water partition coefficient (Wildman–Crippen LogP) is 2.60. The Morgan fingerprint density at radius 1 is 1.25 bits per heavy atom. The number of nitrogens with two attached hydrogens (primary N) is 1. The van der Waals surface area contributed by atoms with E-state index < -0.39 is 12.6 Å². The van der Waals surface area contributed by atoms with E-state index in [9.17, 15) is 13.2 Å². The topological polar surface area (TPSA) is 51.8 Å². The summed E-state index contributed by atoms with van der Waals surface area (Å²) in [7, 11) is 0. The second kappa shape index (κ2) is 4.27. The number of aromatic nitrogens is 2. The zero-order chi connectivity index (χ0) is 12.5. The Bertz CT molecular complexity index is 362. The lowest BCUT2D eigenvalue weighted by Gasteiger charge is -2.13. The molecule has 0 bridgehead atoms. The Morgan fingerprint density at radius 2 is 1.81 bits per heavy atom. The molecular formula is C10H14F3N3. The van der Waals surface area contributed by atoms with Gasteiger partial charge in [-0.15, -0.1) is 0 Å². The smallest absolute Gasteiger partial charge is 0.383 e. The van der Waals surface area contributed by atoms with Crippen molar-refractivity contribution in [3.63, 3.8) is 0 Å². The fraction of sp³-hybridized carbons (Fsp3) is 0.600. The van der Waals surface area contributed by atoms with E-state index in [1.807, 2.05) is 13.8 Å². The first kappa shape index (κ1) is 12.7. The van der Waals surface area contributed by atoms with Gasteiger partial charge in [0.1, 0.15) is 18.1 Å². The van der Waals surface area contributed by atoms with Crippen LogP contribution >= 0.6 is 0 Å². The molecule has 0 aliphatic heterocycles. The summed E-state index contributed by atoms with van der Waals surface area (Å²) in [5.74, 6) is -0.0337. The van der Waals surface area contributed by atoms with Crippen LogP contribution in [-0.2, 0) is 6.42 Å². The highest BCUT2D eigenvalue weighted by molar-refractivity contribution is 5.44. The first-order valence-corrected chi connectivity index (χ1v) is 4.90. The van der Waals surface area contributed by atoms with E-state index in [0.29, 0.717) is 11.3 Å². The largest absolute Gasteiger partial charge is 0.396 e. The number of halogens is 3. The van der Waals surface area contributed by atoms with Gasteiger partial charge in [-0.1, -0.05) is 13.8 Å². The van der Waals surface area contributed by atoms with Crippen LogP contribution in [0, 0.1) is 6.92 Å². The fourth-order valence-electron chi connectivity index (χ4n) is 1.64. The van der Waals surface area contributed by atoms with Crippen molar-refractivity contribution in [2.75, 3.05) is 5.73 Å². The Morgan fingerprint density at radius 3 is 2.19 bits per heavy atom. The number of nitrogen functional groups attached to an aromatic ring is 1. The molecule has 0 saturated carbocycles. The minimum atomic E-state index is -4.31. The standard InChI is InChI=1S/C10H14F3N3/c1-5(2)8-6(3)15-7(16-9(8)14)4-10(11,12)13/h5H,4H2,1-3H3,(H2,14,15,16). The minimum absolute atomic E-state index is 0.0972. The molecule has 0 aromatic carbocycles. The van der Waals surface area contributed by atoms with Gasteiger partial charge < -0.3 is 5.73 Å². The van der Waals surface area contributed by atoms with Gasteiger partial charge in [0, 0.05) is 11.3 Å². The van der Waals surface area contributed by atoms with Gasteiger partial charge in [0.15, 0.2) is 0 Å². The van der Waals surface area contributed by atoms with Gasteiger partial charge in [-0.2, -0.15) is 13.2 Å². The SMILES string of the molecule is Cc1nc(CC(F)(F)F)nc(N)c1C(C)C. The lowest BCUT2D eigenvalue weighted by atomic mass is 10.0. The Kier molecular flexibility index (Phi) is 3.40. The molecule has 6 heteroatoms. The molecule has 0 spiro atoms. The third kappa shape index (κ3) is 3.08. The summed E-state index contributed by atoms with van der Waals surface area (Å²) in [4.78, 5) is 7.52. The lowest BCUT2D eigenvalue weighted by Crippen LogP contribution is -2.17. The molecule has 1 aromatic heterocycles. The van der Waals surface area contributed by atoms with Gasteiger partial charge >= 0.3 is 6.18 Å². The number of hydrogen-bond donors (Lipinski definition) is 1. The van der Waals surface area contributed by atoms with E-state index in [4.69, 9.17) is 5.73 Å². The van der Waals surface area contributed by atoms with Crippen molar-refractivity contribution in [2.24, 2.45) is 0 Å². The highest BCUT2D eigenvalue weighted by Crippen LogP contribution is 2.25. The van der Waals surface area contributed by atoms with Crippen LogP contribution in [0.2, 0.25) is 0 Å². The summed E-state index contributed by atoms with van der Waals surface area (Å²) in [5, 5.41) is 0. The van der Waals surface area contributed by atoms with Crippen molar-refractivity contribution in [1.82, 2.24) is 9.97 Å². The van der Waals surface area contributed by atoms with Gasteiger partial charge in [0.05, 0.1) is 0 Å². The van der Waals surface area contributed by atoms with Crippen molar-refractivity contribution >= 4 is 5.82 Å². The van der Waals surface area contributed by atoms with E-state index in [-0.39, 0.29) is 17.6 Å². The number of aryl methyl sites for hydroxylation is 1. The van der Waals surface area contributed by atoms with E-state index in [1.165, 1.54) is 0 Å². The number of hydrogen-bond acceptors (Lipinski definition) is 3. The molecule has 0 aliphatic rings. The van der Waals surface area contributed by atoms with Crippen LogP contribution in [0.5, 0.6) is 0 Å². The molecule has 16 heavy (non-hydrogen) atoms. The van der Waals surface area contributed by atoms with E-state index in [1.54, 1.807) is 6.92 Å². The maximum absolute atomic E-state index is 12.1. The summed E-state index contributed by atoms with van der Waals surface area (Å²) in [6, 6.07) is 0. The molecule has 0 amide bonds. The normalized spacial score (nSPS) is 12.2. The maximum atomic E-state index is 12.1. The Balaban J connectivity index is 3.10.